The van der Waals surface area contributed by atoms with Crippen molar-refractivity contribution in [2.45, 2.75) is 44.2 Å². The highest BCUT2D eigenvalue weighted by Crippen LogP contribution is 2.44. The van der Waals surface area contributed by atoms with Crippen molar-refractivity contribution >= 4 is 34.7 Å². The molecule has 2 aliphatic rings. The summed E-state index contributed by atoms with van der Waals surface area (Å²) in [5.74, 6) is -2.94. The van der Waals surface area contributed by atoms with Crippen LogP contribution in [0.3, 0.4) is 0 Å². The van der Waals surface area contributed by atoms with Crippen LogP contribution in [0.2, 0.25) is 5.02 Å². The van der Waals surface area contributed by atoms with Gasteiger partial charge in [-0.3, -0.25) is 4.79 Å². The molecule has 1 aliphatic carbocycles. The van der Waals surface area contributed by atoms with Crippen molar-refractivity contribution in [1.29, 1.82) is 0 Å². The predicted octanol–water partition coefficient (Wildman–Crippen LogP) is 3.22. The first-order valence-corrected chi connectivity index (χ1v) is 9.82. The number of carbonyl (C=O) groups excluding carboxylic acids is 1. The standard InChI is InChI=1S/C20H25ClFN3O3/c1-11(20(27)28)19(26)14-9-15(22)18(25-8-4-3-5-12(23)10-25)16(21)17(14)24(2)13-6-7-13/h9,12-13H,1,3-8,10,23H2,2H3,(H,27,28). The maximum Gasteiger partial charge on any atom is 0.339 e. The molecule has 1 saturated carbocycles. The molecule has 1 aromatic rings. The highest BCUT2D eigenvalue weighted by Gasteiger charge is 2.34. The molecular formula is C20H25ClFN3O3. The molecule has 0 amide bonds. The largest absolute Gasteiger partial charge is 0.478 e. The Labute approximate surface area is 168 Å². The zero-order valence-electron chi connectivity index (χ0n) is 15.9. The summed E-state index contributed by atoms with van der Waals surface area (Å²) in [6.07, 6.45) is 4.55. The third-order valence-electron chi connectivity index (χ3n) is 5.42. The number of carboxylic acid groups (broad SMARTS) is 1. The molecule has 1 unspecified atom stereocenters. The van der Waals surface area contributed by atoms with Crippen molar-refractivity contribution < 1.29 is 19.1 Å². The van der Waals surface area contributed by atoms with Gasteiger partial charge < -0.3 is 20.6 Å². The lowest BCUT2D eigenvalue weighted by atomic mass is 10.00. The SMILES string of the molecule is C=C(C(=O)O)C(=O)c1cc(F)c(N2CCCCC(N)C2)c(Cl)c1N(C)C1CC1. The molecule has 3 rings (SSSR count). The number of nitrogens with zero attached hydrogens (tertiary/aromatic N) is 2. The minimum atomic E-state index is -1.44. The van der Waals surface area contributed by atoms with Gasteiger partial charge in [0.05, 0.1) is 22.0 Å². The van der Waals surface area contributed by atoms with Gasteiger partial charge in [-0.15, -0.1) is 0 Å². The van der Waals surface area contributed by atoms with E-state index >= 15 is 4.39 Å². The molecule has 1 aliphatic heterocycles. The number of rotatable bonds is 6. The molecule has 0 spiro atoms. The Kier molecular flexibility index (Phi) is 5.95. The number of carbonyl (C=O) groups is 2. The van der Waals surface area contributed by atoms with Crippen LogP contribution in [0, 0.1) is 5.82 Å². The quantitative estimate of drug-likeness (QED) is 0.324. The molecular weight excluding hydrogens is 385 g/mol. The van der Waals surface area contributed by atoms with Crippen LogP contribution in [0.15, 0.2) is 18.2 Å². The topological polar surface area (TPSA) is 86.9 Å². The number of Topliss-reactive ketones (excluding diaryl/α,β-unsaturated/α-hetero) is 1. The third kappa shape index (κ3) is 4.00. The van der Waals surface area contributed by atoms with E-state index in [2.05, 4.69) is 6.58 Å². The Morgan fingerprint density at radius 1 is 1.36 bits per heavy atom. The summed E-state index contributed by atoms with van der Waals surface area (Å²) in [7, 11) is 1.79. The second-order valence-corrected chi connectivity index (χ2v) is 7.95. The highest BCUT2D eigenvalue weighted by atomic mass is 35.5. The van der Waals surface area contributed by atoms with E-state index in [1.54, 1.807) is 7.05 Å². The number of halogens is 2. The third-order valence-corrected chi connectivity index (χ3v) is 5.77. The molecule has 28 heavy (non-hydrogen) atoms. The van der Waals surface area contributed by atoms with Crippen LogP contribution < -0.4 is 15.5 Å². The summed E-state index contributed by atoms with van der Waals surface area (Å²) < 4.78 is 15.1. The van der Waals surface area contributed by atoms with Gasteiger partial charge >= 0.3 is 5.97 Å². The van der Waals surface area contributed by atoms with Crippen LogP contribution in [0.5, 0.6) is 0 Å². The summed E-state index contributed by atoms with van der Waals surface area (Å²) in [6.45, 7) is 4.41. The normalized spacial score (nSPS) is 19.9. The predicted molar refractivity (Wildman–Crippen MR) is 108 cm³/mol. The van der Waals surface area contributed by atoms with Gasteiger partial charge in [0.25, 0.3) is 0 Å². The van der Waals surface area contributed by atoms with Gasteiger partial charge in [-0.2, -0.15) is 0 Å². The molecule has 6 nitrogen and oxygen atoms in total. The van der Waals surface area contributed by atoms with E-state index in [1.807, 2.05) is 9.80 Å². The molecule has 3 N–H and O–H groups in total. The van der Waals surface area contributed by atoms with Crippen LogP contribution in [0.4, 0.5) is 15.8 Å². The van der Waals surface area contributed by atoms with Gasteiger partial charge in [-0.1, -0.05) is 24.6 Å². The van der Waals surface area contributed by atoms with Gasteiger partial charge in [0.2, 0.25) is 5.78 Å². The summed E-state index contributed by atoms with van der Waals surface area (Å²) >= 11 is 6.66. The first-order valence-electron chi connectivity index (χ1n) is 9.44. The van der Waals surface area contributed by atoms with Crippen molar-refractivity contribution in [3.8, 4) is 0 Å². The average molecular weight is 410 g/mol. The Balaban J connectivity index is 2.13. The highest BCUT2D eigenvalue weighted by molar-refractivity contribution is 6.38. The second-order valence-electron chi connectivity index (χ2n) is 7.57. The van der Waals surface area contributed by atoms with Crippen molar-refractivity contribution in [3.63, 3.8) is 0 Å². The van der Waals surface area contributed by atoms with E-state index in [-0.39, 0.29) is 28.4 Å². The molecule has 1 heterocycles. The Morgan fingerprint density at radius 3 is 2.64 bits per heavy atom. The Morgan fingerprint density at radius 2 is 2.04 bits per heavy atom. The average Bonchev–Trinajstić information content (AvgIpc) is 3.48. The maximum atomic E-state index is 15.1. The van der Waals surface area contributed by atoms with Crippen molar-refractivity contribution in [1.82, 2.24) is 0 Å². The minimum Gasteiger partial charge on any atom is -0.478 e. The number of carboxylic acids is 1. The summed E-state index contributed by atoms with van der Waals surface area (Å²) in [6, 6.07) is 1.19. The van der Waals surface area contributed by atoms with Crippen LogP contribution in [-0.4, -0.2) is 49.1 Å². The summed E-state index contributed by atoms with van der Waals surface area (Å²) in [4.78, 5) is 27.6. The number of hydrogen-bond acceptors (Lipinski definition) is 5. The van der Waals surface area contributed by atoms with Crippen LogP contribution >= 0.6 is 11.6 Å². The number of aliphatic carboxylic acids is 1. The van der Waals surface area contributed by atoms with E-state index in [1.165, 1.54) is 0 Å². The zero-order valence-corrected chi connectivity index (χ0v) is 16.6. The lowest BCUT2D eigenvalue weighted by Crippen LogP contribution is -2.37. The monoisotopic (exact) mass is 409 g/mol. The van der Waals surface area contributed by atoms with Crippen LogP contribution in [0.1, 0.15) is 42.5 Å². The molecule has 0 aromatic heterocycles. The molecule has 2 fully saturated rings. The van der Waals surface area contributed by atoms with Gasteiger partial charge in [0.1, 0.15) is 11.4 Å². The van der Waals surface area contributed by atoms with Crippen LogP contribution in [-0.2, 0) is 4.79 Å². The number of hydrogen-bond donors (Lipinski definition) is 2. The summed E-state index contributed by atoms with van der Waals surface area (Å²) in [5, 5.41) is 9.26. The molecule has 1 atom stereocenters. The minimum absolute atomic E-state index is 0.0767. The fourth-order valence-corrected chi connectivity index (χ4v) is 4.13. The first-order chi connectivity index (χ1) is 13.2. The first kappa shape index (κ1) is 20.6. The smallest absolute Gasteiger partial charge is 0.339 e. The molecule has 8 heteroatoms. The molecule has 1 saturated heterocycles. The van der Waals surface area contributed by atoms with Crippen molar-refractivity contribution in [2.24, 2.45) is 5.73 Å². The maximum absolute atomic E-state index is 15.1. The number of nitrogens with two attached hydrogens (primary N) is 1. The molecule has 0 radical (unpaired) electrons. The van der Waals surface area contributed by atoms with Gasteiger partial charge in [-0.25, -0.2) is 9.18 Å². The molecule has 0 bridgehead atoms. The van der Waals surface area contributed by atoms with Crippen LogP contribution in [0.25, 0.3) is 0 Å². The van der Waals surface area contributed by atoms with Gasteiger partial charge in [0.15, 0.2) is 0 Å². The van der Waals surface area contributed by atoms with E-state index in [0.717, 1.165) is 38.2 Å². The van der Waals surface area contributed by atoms with E-state index in [4.69, 9.17) is 22.4 Å². The van der Waals surface area contributed by atoms with Gasteiger partial charge in [-0.05, 0) is 31.7 Å². The fourth-order valence-electron chi connectivity index (χ4n) is 3.69. The number of anilines is 2. The molecule has 152 valence electrons. The number of ketones is 1. The zero-order chi connectivity index (χ0) is 20.6. The van der Waals surface area contributed by atoms with Crippen molar-refractivity contribution in [3.05, 3.63) is 34.6 Å². The number of benzene rings is 1. The second kappa shape index (κ2) is 8.09. The van der Waals surface area contributed by atoms with E-state index in [9.17, 15) is 9.59 Å². The summed E-state index contributed by atoms with van der Waals surface area (Å²) in [5.41, 5.74) is 6.00. The molecule has 1 aromatic carbocycles. The lowest BCUT2D eigenvalue weighted by Gasteiger charge is -2.30. The van der Waals surface area contributed by atoms with Gasteiger partial charge in [0, 0.05) is 32.2 Å². The fraction of sp³-hybridized carbons (Fsp3) is 0.500. The van der Waals surface area contributed by atoms with E-state index in [0.29, 0.717) is 18.8 Å². The lowest BCUT2D eigenvalue weighted by molar-refractivity contribution is -0.132. The van der Waals surface area contributed by atoms with E-state index < -0.39 is 23.1 Å². The van der Waals surface area contributed by atoms with Crippen molar-refractivity contribution in [2.75, 3.05) is 29.9 Å². The Hall–Kier alpha value is -2.12. The Bertz CT molecular complexity index is 825.